The Labute approximate surface area is 202 Å². The number of nitrogens with two attached hydrogens (primary N) is 1. The lowest BCUT2D eigenvalue weighted by Crippen LogP contribution is -2.49. The Kier molecular flexibility index (Phi) is 9.65. The third kappa shape index (κ3) is 7.40. The summed E-state index contributed by atoms with van der Waals surface area (Å²) in [4.78, 5) is 41.8. The van der Waals surface area contributed by atoms with Gasteiger partial charge in [-0.1, -0.05) is 44.7 Å². The number of piperazine rings is 1. The monoisotopic (exact) mass is 469 g/mol. The van der Waals surface area contributed by atoms with Crippen LogP contribution in [0.5, 0.6) is 0 Å². The summed E-state index contributed by atoms with van der Waals surface area (Å²) in [6.45, 7) is 4.61. The van der Waals surface area contributed by atoms with Gasteiger partial charge in [0.15, 0.2) is 0 Å². The Balaban J connectivity index is 1.67. The highest BCUT2D eigenvalue weighted by molar-refractivity contribution is 6.01. The summed E-state index contributed by atoms with van der Waals surface area (Å²) in [5.41, 5.74) is 7.96. The van der Waals surface area contributed by atoms with Crippen LogP contribution < -0.4 is 16.4 Å². The molecule has 2 aliphatic rings. The zero-order chi connectivity index (χ0) is 24.5. The van der Waals surface area contributed by atoms with Crippen LogP contribution in [0.2, 0.25) is 0 Å². The number of rotatable bonds is 7. The summed E-state index contributed by atoms with van der Waals surface area (Å²) < 4.78 is 0. The lowest BCUT2D eigenvalue weighted by Gasteiger charge is -2.33. The van der Waals surface area contributed by atoms with Gasteiger partial charge in [-0.05, 0) is 49.6 Å². The first kappa shape index (κ1) is 25.9. The van der Waals surface area contributed by atoms with Crippen molar-refractivity contribution in [2.45, 2.75) is 57.9 Å². The molecular formula is C26H39N5O3. The Morgan fingerprint density at radius 3 is 2.24 bits per heavy atom. The van der Waals surface area contributed by atoms with Gasteiger partial charge in [-0.2, -0.15) is 0 Å². The highest BCUT2D eigenvalue weighted by Gasteiger charge is 2.26. The zero-order valence-electron chi connectivity index (χ0n) is 20.5. The van der Waals surface area contributed by atoms with Crippen molar-refractivity contribution in [3.8, 4) is 0 Å². The molecule has 1 atom stereocenters. The minimum atomic E-state index is -0.505. The fraction of sp³-hybridized carbons (Fsp3) is 0.577. The first-order valence-corrected chi connectivity index (χ1v) is 12.5. The molecule has 1 aromatic carbocycles. The maximum Gasteiger partial charge on any atom is 0.270 e. The Hall–Kier alpha value is -2.71. The SMILES string of the molecule is CCC(=O)N/C(=C/c1ccc(NC(=O)[C@@H](N)C2CCCCCC2)cc1)C(=O)N1CCN(C)CC1. The molecule has 1 saturated heterocycles. The summed E-state index contributed by atoms with van der Waals surface area (Å²) in [5.74, 6) is -0.307. The number of carbonyl (C=O) groups is 3. The molecule has 2 fully saturated rings. The molecule has 1 saturated carbocycles. The molecule has 186 valence electrons. The van der Waals surface area contributed by atoms with Crippen molar-refractivity contribution in [3.05, 3.63) is 35.5 Å². The van der Waals surface area contributed by atoms with E-state index < -0.39 is 6.04 Å². The molecule has 0 radical (unpaired) electrons. The number of hydrogen-bond acceptors (Lipinski definition) is 5. The second-order valence-corrected chi connectivity index (χ2v) is 9.44. The van der Waals surface area contributed by atoms with Gasteiger partial charge in [-0.25, -0.2) is 0 Å². The predicted octanol–water partition coefficient (Wildman–Crippen LogP) is 2.56. The number of benzene rings is 1. The van der Waals surface area contributed by atoms with Crippen LogP contribution in [0.25, 0.3) is 6.08 Å². The minimum Gasteiger partial charge on any atom is -0.335 e. The summed E-state index contributed by atoms with van der Waals surface area (Å²) in [6, 6.07) is 6.73. The summed E-state index contributed by atoms with van der Waals surface area (Å²) in [6.07, 6.45) is 8.71. The largest absolute Gasteiger partial charge is 0.335 e. The van der Waals surface area contributed by atoms with Crippen LogP contribution in [0, 0.1) is 5.92 Å². The van der Waals surface area contributed by atoms with Crippen molar-refractivity contribution in [3.63, 3.8) is 0 Å². The number of nitrogens with zero attached hydrogens (tertiary/aromatic N) is 2. The van der Waals surface area contributed by atoms with Gasteiger partial charge < -0.3 is 26.2 Å². The van der Waals surface area contributed by atoms with Gasteiger partial charge in [0.25, 0.3) is 5.91 Å². The van der Waals surface area contributed by atoms with Gasteiger partial charge >= 0.3 is 0 Å². The van der Waals surface area contributed by atoms with E-state index in [2.05, 4.69) is 15.5 Å². The Morgan fingerprint density at radius 2 is 1.65 bits per heavy atom. The number of carbonyl (C=O) groups excluding carboxylic acids is 3. The standard InChI is InChI=1S/C26H39N5O3/c1-3-23(32)29-22(26(34)31-16-14-30(2)15-17-31)18-19-10-12-21(13-11-19)28-25(33)24(27)20-8-6-4-5-7-9-20/h10-13,18,20,24H,3-9,14-17,27H2,1-2H3,(H,28,33)(H,29,32)/b22-18+/t24-/m0/s1. The molecule has 1 aromatic rings. The van der Waals surface area contributed by atoms with Crippen molar-refractivity contribution in [1.29, 1.82) is 0 Å². The summed E-state index contributed by atoms with van der Waals surface area (Å²) in [7, 11) is 2.03. The average molecular weight is 470 g/mol. The molecule has 3 rings (SSSR count). The van der Waals surface area contributed by atoms with Crippen LogP contribution in [0.3, 0.4) is 0 Å². The number of hydrogen-bond donors (Lipinski definition) is 3. The average Bonchev–Trinajstić information content (AvgIpc) is 3.14. The van der Waals surface area contributed by atoms with Gasteiger partial charge in [-0.15, -0.1) is 0 Å². The second-order valence-electron chi connectivity index (χ2n) is 9.44. The molecule has 4 N–H and O–H groups in total. The van der Waals surface area contributed by atoms with E-state index in [4.69, 9.17) is 5.73 Å². The molecule has 0 spiro atoms. The van der Waals surface area contributed by atoms with Crippen LogP contribution in [0.1, 0.15) is 57.4 Å². The second kappa shape index (κ2) is 12.7. The minimum absolute atomic E-state index is 0.156. The molecule has 0 unspecified atom stereocenters. The van der Waals surface area contributed by atoms with E-state index in [0.29, 0.717) is 25.2 Å². The van der Waals surface area contributed by atoms with E-state index in [0.717, 1.165) is 44.3 Å². The highest BCUT2D eigenvalue weighted by atomic mass is 16.2. The molecule has 3 amide bonds. The maximum absolute atomic E-state index is 13.1. The van der Waals surface area contributed by atoms with E-state index in [1.807, 2.05) is 19.2 Å². The fourth-order valence-electron chi connectivity index (χ4n) is 4.51. The smallest absolute Gasteiger partial charge is 0.270 e. The fourth-order valence-corrected chi connectivity index (χ4v) is 4.51. The van der Waals surface area contributed by atoms with Gasteiger partial charge in [0, 0.05) is 38.3 Å². The van der Waals surface area contributed by atoms with Crippen LogP contribution in [-0.2, 0) is 14.4 Å². The molecule has 0 aromatic heterocycles. The quantitative estimate of drug-likeness (QED) is 0.420. The van der Waals surface area contributed by atoms with Crippen molar-refractivity contribution >= 4 is 29.5 Å². The topological polar surface area (TPSA) is 108 Å². The third-order valence-corrected chi connectivity index (χ3v) is 6.82. The third-order valence-electron chi connectivity index (χ3n) is 6.82. The first-order valence-electron chi connectivity index (χ1n) is 12.5. The molecular weight excluding hydrogens is 430 g/mol. The summed E-state index contributed by atoms with van der Waals surface area (Å²) >= 11 is 0. The van der Waals surface area contributed by atoms with Crippen molar-refractivity contribution in [2.75, 3.05) is 38.5 Å². The number of anilines is 1. The van der Waals surface area contributed by atoms with Crippen LogP contribution in [-0.4, -0.2) is 66.8 Å². The molecule has 8 heteroatoms. The van der Waals surface area contributed by atoms with Gasteiger partial charge in [0.1, 0.15) is 5.70 Å². The van der Waals surface area contributed by atoms with Gasteiger partial charge in [0.05, 0.1) is 6.04 Å². The lowest BCUT2D eigenvalue weighted by atomic mass is 9.92. The zero-order valence-corrected chi connectivity index (χ0v) is 20.5. The molecule has 1 aliphatic heterocycles. The molecule has 1 heterocycles. The van der Waals surface area contributed by atoms with Crippen molar-refractivity contribution < 1.29 is 14.4 Å². The number of amides is 3. The highest BCUT2D eigenvalue weighted by Crippen LogP contribution is 2.25. The number of nitrogens with one attached hydrogen (secondary N) is 2. The van der Waals surface area contributed by atoms with Crippen LogP contribution in [0.4, 0.5) is 5.69 Å². The van der Waals surface area contributed by atoms with Crippen molar-refractivity contribution in [2.24, 2.45) is 11.7 Å². The van der Waals surface area contributed by atoms with E-state index in [1.54, 1.807) is 30.0 Å². The Morgan fingerprint density at radius 1 is 1.03 bits per heavy atom. The lowest BCUT2D eigenvalue weighted by molar-refractivity contribution is -0.130. The van der Waals surface area contributed by atoms with E-state index in [1.165, 1.54) is 12.8 Å². The number of likely N-dealkylation sites (N-methyl/N-ethyl adjacent to an activating group) is 1. The maximum atomic E-state index is 13.1. The van der Waals surface area contributed by atoms with Gasteiger partial charge in [0.2, 0.25) is 11.8 Å². The molecule has 1 aliphatic carbocycles. The Bertz CT molecular complexity index is 867. The molecule has 8 nitrogen and oxygen atoms in total. The predicted molar refractivity (Wildman–Crippen MR) is 135 cm³/mol. The first-order chi connectivity index (χ1) is 16.4. The van der Waals surface area contributed by atoms with Crippen LogP contribution >= 0.6 is 0 Å². The van der Waals surface area contributed by atoms with Crippen molar-refractivity contribution in [1.82, 2.24) is 15.1 Å². The normalized spacial score (nSPS) is 19.3. The van der Waals surface area contributed by atoms with E-state index in [-0.39, 0.29) is 29.3 Å². The van der Waals surface area contributed by atoms with Gasteiger partial charge in [-0.3, -0.25) is 14.4 Å². The van der Waals surface area contributed by atoms with Crippen LogP contribution in [0.15, 0.2) is 30.0 Å². The molecule has 34 heavy (non-hydrogen) atoms. The van der Waals surface area contributed by atoms with E-state index in [9.17, 15) is 14.4 Å². The summed E-state index contributed by atoms with van der Waals surface area (Å²) in [5, 5.41) is 5.68. The van der Waals surface area contributed by atoms with E-state index >= 15 is 0 Å². The molecule has 0 bridgehead atoms.